The zero-order valence-electron chi connectivity index (χ0n) is 13.6. The van der Waals surface area contributed by atoms with Crippen molar-refractivity contribution in [1.29, 1.82) is 0 Å². The van der Waals surface area contributed by atoms with Gasteiger partial charge in [0.25, 0.3) is 5.91 Å². The van der Waals surface area contributed by atoms with Crippen LogP contribution in [0.4, 0.5) is 10.1 Å². The summed E-state index contributed by atoms with van der Waals surface area (Å²) in [5.74, 6) is -0.290. The van der Waals surface area contributed by atoms with Gasteiger partial charge < -0.3 is 4.74 Å². The maximum Gasteiger partial charge on any atom is 0.263 e. The average molecular weight is 321 g/mol. The maximum absolute atomic E-state index is 13.5. The number of alkyl halides is 1. The zero-order chi connectivity index (χ0) is 17.0. The van der Waals surface area contributed by atoms with Gasteiger partial charge in [-0.1, -0.05) is 0 Å². The summed E-state index contributed by atoms with van der Waals surface area (Å²) in [7, 11) is 1.50. The van der Waals surface area contributed by atoms with Gasteiger partial charge in [0.15, 0.2) is 0 Å². The van der Waals surface area contributed by atoms with Crippen LogP contribution >= 0.6 is 0 Å². The van der Waals surface area contributed by atoms with Gasteiger partial charge in [0, 0.05) is 12.8 Å². The summed E-state index contributed by atoms with van der Waals surface area (Å²) in [4.78, 5) is 14.2. The van der Waals surface area contributed by atoms with Gasteiger partial charge in [-0.05, 0) is 26.8 Å². The van der Waals surface area contributed by atoms with Crippen LogP contribution in [0.25, 0.3) is 0 Å². The lowest BCUT2D eigenvalue weighted by molar-refractivity contribution is 0.0935. The second-order valence-corrected chi connectivity index (χ2v) is 5.26. The van der Waals surface area contributed by atoms with Crippen LogP contribution in [0.15, 0.2) is 24.7 Å². The van der Waals surface area contributed by atoms with Crippen LogP contribution in [0.3, 0.4) is 0 Å². The van der Waals surface area contributed by atoms with Crippen molar-refractivity contribution >= 4 is 11.6 Å². The molecule has 2 aromatic heterocycles. The Bertz CT molecular complexity index is 659. The number of methoxy groups -OCH3 is 1. The van der Waals surface area contributed by atoms with Crippen LogP contribution < -0.4 is 4.90 Å². The molecule has 8 heteroatoms. The molecule has 7 nitrogen and oxygen atoms in total. The van der Waals surface area contributed by atoms with E-state index in [4.69, 9.17) is 4.74 Å². The highest BCUT2D eigenvalue weighted by atomic mass is 19.1. The minimum Gasteiger partial charge on any atom is -0.364 e. The van der Waals surface area contributed by atoms with Crippen molar-refractivity contribution in [3.8, 4) is 0 Å². The van der Waals surface area contributed by atoms with E-state index in [1.54, 1.807) is 19.9 Å². The number of amides is 1. The third kappa shape index (κ3) is 3.53. The number of anilines is 1. The second-order valence-electron chi connectivity index (χ2n) is 5.26. The summed E-state index contributed by atoms with van der Waals surface area (Å²) in [5.41, 5.74) is 1.56. The van der Waals surface area contributed by atoms with Gasteiger partial charge in [0.2, 0.25) is 0 Å². The molecule has 0 aromatic carbocycles. The van der Waals surface area contributed by atoms with Crippen LogP contribution in [0.5, 0.6) is 0 Å². The number of carbonyl (C=O) groups excluding carboxylic acids is 1. The van der Waals surface area contributed by atoms with Gasteiger partial charge in [-0.2, -0.15) is 15.3 Å². The standard InChI is InChI=1S/C15H20FN5O2/c1-10(16)11(2)21-12(3)14(8-19-21)15(22)20(9-23-4)13-5-6-17-18-7-13/h5-8,10-11H,9H2,1-4H3. The average Bonchev–Trinajstić information content (AvgIpc) is 2.93. The molecule has 124 valence electrons. The first kappa shape index (κ1) is 17.0. The van der Waals surface area contributed by atoms with E-state index in [2.05, 4.69) is 15.3 Å². The molecule has 0 aliphatic carbocycles. The molecule has 0 fully saturated rings. The molecule has 0 aliphatic heterocycles. The monoisotopic (exact) mass is 321 g/mol. The summed E-state index contributed by atoms with van der Waals surface area (Å²) in [6.45, 7) is 4.99. The second kappa shape index (κ2) is 7.28. The van der Waals surface area contributed by atoms with Gasteiger partial charge in [0.05, 0.1) is 35.9 Å². The van der Waals surface area contributed by atoms with Gasteiger partial charge in [-0.3, -0.25) is 14.4 Å². The number of ether oxygens (including phenoxy) is 1. The molecule has 0 radical (unpaired) electrons. The Morgan fingerprint density at radius 1 is 1.39 bits per heavy atom. The topological polar surface area (TPSA) is 73.1 Å². The molecule has 2 rings (SSSR count). The summed E-state index contributed by atoms with van der Waals surface area (Å²) in [6, 6.07) is 1.21. The molecule has 2 atom stereocenters. The number of hydrogen-bond donors (Lipinski definition) is 0. The molecule has 2 unspecified atom stereocenters. The van der Waals surface area contributed by atoms with Crippen molar-refractivity contribution in [1.82, 2.24) is 20.0 Å². The van der Waals surface area contributed by atoms with Gasteiger partial charge in [0.1, 0.15) is 12.9 Å². The zero-order valence-corrected chi connectivity index (χ0v) is 13.6. The van der Waals surface area contributed by atoms with E-state index >= 15 is 0 Å². The predicted octanol–water partition coefficient (Wildman–Crippen LogP) is 2.15. The SMILES string of the molecule is COCN(C(=O)c1cnn(C(C)C(C)F)c1C)c1ccnnc1. The van der Waals surface area contributed by atoms with Crippen LogP contribution in [0.2, 0.25) is 0 Å². The van der Waals surface area contributed by atoms with Crippen molar-refractivity contribution in [2.45, 2.75) is 33.0 Å². The Morgan fingerprint density at radius 3 is 2.70 bits per heavy atom. The Kier molecular flexibility index (Phi) is 5.38. The van der Waals surface area contributed by atoms with E-state index in [-0.39, 0.29) is 12.6 Å². The smallest absolute Gasteiger partial charge is 0.263 e. The van der Waals surface area contributed by atoms with Crippen molar-refractivity contribution in [2.75, 3.05) is 18.7 Å². The Labute approximate surface area is 134 Å². The minimum atomic E-state index is -1.07. The van der Waals surface area contributed by atoms with E-state index in [9.17, 15) is 9.18 Å². The number of aromatic nitrogens is 4. The summed E-state index contributed by atoms with van der Waals surface area (Å²) < 4.78 is 20.1. The number of nitrogens with zero attached hydrogens (tertiary/aromatic N) is 5. The molecule has 2 heterocycles. The van der Waals surface area contributed by atoms with E-state index in [0.717, 1.165) is 0 Å². The summed E-state index contributed by atoms with van der Waals surface area (Å²) in [6.07, 6.45) is 3.35. The lowest BCUT2D eigenvalue weighted by atomic mass is 10.2. The highest BCUT2D eigenvalue weighted by molar-refractivity contribution is 6.06. The normalized spacial score (nSPS) is 13.6. The Hall–Kier alpha value is -2.35. The lowest BCUT2D eigenvalue weighted by Crippen LogP contribution is -2.33. The fourth-order valence-electron chi connectivity index (χ4n) is 2.21. The first-order valence-corrected chi connectivity index (χ1v) is 7.23. The quantitative estimate of drug-likeness (QED) is 0.762. The number of carbonyl (C=O) groups is 1. The molecule has 0 N–H and O–H groups in total. The van der Waals surface area contributed by atoms with Crippen molar-refractivity contribution in [3.63, 3.8) is 0 Å². The number of hydrogen-bond acceptors (Lipinski definition) is 5. The summed E-state index contributed by atoms with van der Waals surface area (Å²) in [5, 5.41) is 11.6. The first-order chi connectivity index (χ1) is 11.0. The number of halogens is 1. The molecule has 0 saturated carbocycles. The molecular weight excluding hydrogens is 301 g/mol. The van der Waals surface area contributed by atoms with E-state index < -0.39 is 12.2 Å². The van der Waals surface area contributed by atoms with Crippen LogP contribution in [0, 0.1) is 6.92 Å². The van der Waals surface area contributed by atoms with Gasteiger partial charge >= 0.3 is 0 Å². The van der Waals surface area contributed by atoms with Crippen LogP contribution in [-0.2, 0) is 4.74 Å². The van der Waals surface area contributed by atoms with Crippen LogP contribution in [-0.4, -0.2) is 45.9 Å². The van der Waals surface area contributed by atoms with E-state index in [1.165, 1.54) is 42.2 Å². The van der Waals surface area contributed by atoms with Crippen molar-refractivity contribution in [2.24, 2.45) is 0 Å². The molecule has 2 aromatic rings. The van der Waals surface area contributed by atoms with Crippen molar-refractivity contribution < 1.29 is 13.9 Å². The molecule has 0 spiro atoms. The number of rotatable bonds is 6. The van der Waals surface area contributed by atoms with Crippen LogP contribution in [0.1, 0.15) is 35.9 Å². The molecule has 0 saturated heterocycles. The van der Waals surface area contributed by atoms with Gasteiger partial charge in [-0.25, -0.2) is 4.39 Å². The lowest BCUT2D eigenvalue weighted by Gasteiger charge is -2.21. The highest BCUT2D eigenvalue weighted by Crippen LogP contribution is 2.21. The predicted molar refractivity (Wildman–Crippen MR) is 83.0 cm³/mol. The molecule has 0 aliphatic rings. The largest absolute Gasteiger partial charge is 0.364 e. The highest BCUT2D eigenvalue weighted by Gasteiger charge is 2.25. The fourth-order valence-corrected chi connectivity index (χ4v) is 2.21. The van der Waals surface area contributed by atoms with Gasteiger partial charge in [-0.15, -0.1) is 0 Å². The van der Waals surface area contributed by atoms with E-state index in [0.29, 0.717) is 16.9 Å². The minimum absolute atomic E-state index is 0.0597. The molecule has 0 bridgehead atoms. The third-order valence-electron chi connectivity index (χ3n) is 3.71. The molecule has 1 amide bonds. The van der Waals surface area contributed by atoms with E-state index in [1.807, 2.05) is 0 Å². The Balaban J connectivity index is 2.35. The maximum atomic E-state index is 13.5. The molecule has 23 heavy (non-hydrogen) atoms. The third-order valence-corrected chi connectivity index (χ3v) is 3.71. The van der Waals surface area contributed by atoms with Crippen molar-refractivity contribution in [3.05, 3.63) is 35.9 Å². The fraction of sp³-hybridized carbons (Fsp3) is 0.467. The Morgan fingerprint density at radius 2 is 2.13 bits per heavy atom. The first-order valence-electron chi connectivity index (χ1n) is 7.23. The molecular formula is C15H20FN5O2. The summed E-state index contributed by atoms with van der Waals surface area (Å²) >= 11 is 0.